The molecule has 1 aliphatic rings. The number of carboxylic acids is 1. The molecule has 1 aromatic carbocycles. The molecule has 0 aliphatic carbocycles. The molecule has 0 radical (unpaired) electrons. The van der Waals surface area contributed by atoms with Gasteiger partial charge in [-0.3, -0.25) is 14.9 Å². The average molecular weight is 346 g/mol. The van der Waals surface area contributed by atoms with Gasteiger partial charge in [0.25, 0.3) is 0 Å². The Morgan fingerprint density at radius 2 is 1.96 bits per heavy atom. The predicted molar refractivity (Wildman–Crippen MR) is 86.7 cm³/mol. The van der Waals surface area contributed by atoms with Crippen LogP contribution in [0, 0.1) is 21.8 Å². The molecule has 0 atom stereocenters. The summed E-state index contributed by atoms with van der Waals surface area (Å²) in [5.41, 5.74) is -0.437. The number of carbonyl (C=O) groups is 1. The summed E-state index contributed by atoms with van der Waals surface area (Å²) < 4.78 is 14.1. The van der Waals surface area contributed by atoms with Gasteiger partial charge in [0.2, 0.25) is 5.82 Å². The van der Waals surface area contributed by atoms with E-state index in [1.54, 1.807) is 11.0 Å². The fraction of sp³-hybridized carbons (Fsp3) is 0.312. The lowest BCUT2D eigenvalue weighted by Crippen LogP contribution is -2.37. The van der Waals surface area contributed by atoms with Gasteiger partial charge in [-0.2, -0.15) is 0 Å². The van der Waals surface area contributed by atoms with Crippen LogP contribution in [-0.4, -0.2) is 39.1 Å². The van der Waals surface area contributed by atoms with Crippen LogP contribution in [0.2, 0.25) is 0 Å². The van der Waals surface area contributed by atoms with Crippen LogP contribution in [0.25, 0.3) is 11.3 Å². The highest BCUT2D eigenvalue weighted by Crippen LogP contribution is 2.37. The zero-order valence-corrected chi connectivity index (χ0v) is 13.1. The van der Waals surface area contributed by atoms with Gasteiger partial charge in [0, 0.05) is 18.7 Å². The second-order valence-electron chi connectivity index (χ2n) is 5.73. The van der Waals surface area contributed by atoms with Crippen molar-refractivity contribution in [2.24, 2.45) is 5.92 Å². The molecule has 0 amide bonds. The number of aromatic nitrogens is 2. The summed E-state index contributed by atoms with van der Waals surface area (Å²) in [5.74, 6) is -1.87. The van der Waals surface area contributed by atoms with Gasteiger partial charge in [-0.25, -0.2) is 14.4 Å². The van der Waals surface area contributed by atoms with Gasteiger partial charge in [-0.05, 0) is 25.0 Å². The topological polar surface area (TPSA) is 109 Å². The van der Waals surface area contributed by atoms with Gasteiger partial charge in [0.05, 0.1) is 10.8 Å². The monoisotopic (exact) mass is 346 g/mol. The van der Waals surface area contributed by atoms with Crippen LogP contribution in [0.1, 0.15) is 12.8 Å². The van der Waals surface area contributed by atoms with Crippen molar-refractivity contribution in [2.75, 3.05) is 18.0 Å². The van der Waals surface area contributed by atoms with Crippen LogP contribution in [0.5, 0.6) is 0 Å². The number of nitrogens with zero attached hydrogens (tertiary/aromatic N) is 4. The van der Waals surface area contributed by atoms with E-state index in [9.17, 15) is 19.3 Å². The molecular weight excluding hydrogens is 331 g/mol. The average Bonchev–Trinajstić information content (AvgIpc) is 2.61. The Bertz CT molecular complexity index is 822. The molecule has 1 fully saturated rings. The maximum atomic E-state index is 14.1. The maximum absolute atomic E-state index is 14.1. The summed E-state index contributed by atoms with van der Waals surface area (Å²) in [4.78, 5) is 31.6. The lowest BCUT2D eigenvalue weighted by molar-refractivity contribution is -0.383. The second-order valence-corrected chi connectivity index (χ2v) is 5.73. The van der Waals surface area contributed by atoms with E-state index in [1.807, 2.05) is 0 Å². The van der Waals surface area contributed by atoms with Crippen molar-refractivity contribution in [1.82, 2.24) is 9.97 Å². The molecule has 1 aromatic heterocycles. The van der Waals surface area contributed by atoms with Gasteiger partial charge < -0.3 is 10.0 Å². The third-order valence-corrected chi connectivity index (χ3v) is 4.26. The summed E-state index contributed by atoms with van der Waals surface area (Å²) in [6.07, 6.45) is 1.89. The summed E-state index contributed by atoms with van der Waals surface area (Å²) in [7, 11) is 0. The molecule has 130 valence electrons. The smallest absolute Gasteiger partial charge is 0.337 e. The highest BCUT2D eigenvalue weighted by molar-refractivity contribution is 5.78. The zero-order chi connectivity index (χ0) is 18.0. The van der Waals surface area contributed by atoms with E-state index in [0.717, 1.165) is 6.33 Å². The number of rotatable bonds is 4. The number of nitro groups is 1. The van der Waals surface area contributed by atoms with Crippen molar-refractivity contribution in [3.05, 3.63) is 46.5 Å². The number of hydrogen-bond donors (Lipinski definition) is 1. The molecule has 3 rings (SSSR count). The number of hydrogen-bond acceptors (Lipinski definition) is 6. The van der Waals surface area contributed by atoms with Gasteiger partial charge in [-0.15, -0.1) is 0 Å². The minimum atomic E-state index is -0.871. The zero-order valence-electron chi connectivity index (χ0n) is 13.1. The number of carboxylic acid groups (broad SMARTS) is 1. The van der Waals surface area contributed by atoms with Crippen LogP contribution in [0.4, 0.5) is 15.9 Å². The van der Waals surface area contributed by atoms with Crippen molar-refractivity contribution in [1.29, 1.82) is 0 Å². The molecule has 1 aliphatic heterocycles. The van der Waals surface area contributed by atoms with E-state index in [0.29, 0.717) is 25.9 Å². The van der Waals surface area contributed by atoms with E-state index in [2.05, 4.69) is 9.97 Å². The Hall–Kier alpha value is -3.10. The standard InChI is InChI=1S/C16H15FN4O4/c17-12-4-2-1-3-11(12)13-14(21(24)25)15(19-9-18-13)20-7-5-10(6-8-20)16(22)23/h1-4,9-10H,5-8H2,(H,22,23). The van der Waals surface area contributed by atoms with E-state index in [1.165, 1.54) is 18.2 Å². The first-order valence-electron chi connectivity index (χ1n) is 7.71. The highest BCUT2D eigenvalue weighted by atomic mass is 19.1. The summed E-state index contributed by atoms with van der Waals surface area (Å²) in [5, 5.41) is 20.7. The fourth-order valence-corrected chi connectivity index (χ4v) is 2.96. The quantitative estimate of drug-likeness (QED) is 0.669. The molecule has 0 unspecified atom stereocenters. The lowest BCUT2D eigenvalue weighted by Gasteiger charge is -2.30. The van der Waals surface area contributed by atoms with Crippen molar-refractivity contribution in [3.8, 4) is 11.3 Å². The largest absolute Gasteiger partial charge is 0.481 e. The Kier molecular flexibility index (Phi) is 4.55. The predicted octanol–water partition coefficient (Wildman–Crippen LogP) is 2.49. The highest BCUT2D eigenvalue weighted by Gasteiger charge is 2.32. The first-order chi connectivity index (χ1) is 12.0. The normalized spacial score (nSPS) is 15.2. The Balaban J connectivity index is 2.01. The Morgan fingerprint density at radius 1 is 1.28 bits per heavy atom. The minimum absolute atomic E-state index is 0.0262. The minimum Gasteiger partial charge on any atom is -0.481 e. The number of benzene rings is 1. The first-order valence-corrected chi connectivity index (χ1v) is 7.71. The molecule has 0 bridgehead atoms. The van der Waals surface area contributed by atoms with Gasteiger partial charge in [0.1, 0.15) is 12.1 Å². The molecule has 2 aromatic rings. The van der Waals surface area contributed by atoms with Crippen molar-refractivity contribution < 1.29 is 19.2 Å². The molecule has 1 saturated heterocycles. The third-order valence-electron chi connectivity index (χ3n) is 4.26. The van der Waals surface area contributed by atoms with E-state index >= 15 is 0 Å². The van der Waals surface area contributed by atoms with Crippen LogP contribution in [0.15, 0.2) is 30.6 Å². The van der Waals surface area contributed by atoms with E-state index in [4.69, 9.17) is 5.11 Å². The molecular formula is C16H15FN4O4. The summed E-state index contributed by atoms with van der Waals surface area (Å²) in [6, 6.07) is 5.69. The lowest BCUT2D eigenvalue weighted by atomic mass is 9.97. The number of anilines is 1. The summed E-state index contributed by atoms with van der Waals surface area (Å²) >= 11 is 0. The molecule has 2 heterocycles. The maximum Gasteiger partial charge on any atom is 0.337 e. The number of halogens is 1. The third kappa shape index (κ3) is 3.25. The van der Waals surface area contributed by atoms with Gasteiger partial charge in [0.15, 0.2) is 5.69 Å². The summed E-state index contributed by atoms with van der Waals surface area (Å²) in [6.45, 7) is 0.650. The first kappa shape index (κ1) is 16.7. The van der Waals surface area contributed by atoms with Gasteiger partial charge in [-0.1, -0.05) is 12.1 Å². The van der Waals surface area contributed by atoms with Crippen LogP contribution in [0.3, 0.4) is 0 Å². The molecule has 1 N–H and O–H groups in total. The van der Waals surface area contributed by atoms with Crippen molar-refractivity contribution in [3.63, 3.8) is 0 Å². The number of piperidine rings is 1. The molecule has 9 heteroatoms. The molecule has 25 heavy (non-hydrogen) atoms. The van der Waals surface area contributed by atoms with Crippen LogP contribution >= 0.6 is 0 Å². The fourth-order valence-electron chi connectivity index (χ4n) is 2.96. The van der Waals surface area contributed by atoms with E-state index < -0.39 is 22.6 Å². The molecule has 0 spiro atoms. The van der Waals surface area contributed by atoms with Crippen LogP contribution < -0.4 is 4.90 Å². The SMILES string of the molecule is O=C(O)C1CCN(c2ncnc(-c3ccccc3F)c2[N+](=O)[O-])CC1. The van der Waals surface area contributed by atoms with E-state index in [-0.39, 0.29) is 22.8 Å². The van der Waals surface area contributed by atoms with Crippen molar-refractivity contribution in [2.45, 2.75) is 12.8 Å². The second kappa shape index (κ2) is 6.80. The Labute approximate surface area is 142 Å². The number of aliphatic carboxylic acids is 1. The molecule has 8 nitrogen and oxygen atoms in total. The van der Waals surface area contributed by atoms with Crippen LogP contribution in [-0.2, 0) is 4.79 Å². The van der Waals surface area contributed by atoms with Crippen molar-refractivity contribution >= 4 is 17.5 Å². The molecule has 0 saturated carbocycles. The Morgan fingerprint density at radius 3 is 2.56 bits per heavy atom. The van der Waals surface area contributed by atoms with Gasteiger partial charge >= 0.3 is 11.7 Å².